The predicted molar refractivity (Wildman–Crippen MR) is 78.7 cm³/mol. The molecule has 2 aromatic rings. The Hall–Kier alpha value is -1.62. The normalized spacial score (nSPS) is 24.8. The van der Waals surface area contributed by atoms with E-state index in [4.69, 9.17) is 14.5 Å². The minimum Gasteiger partial charge on any atom is -0.390 e. The van der Waals surface area contributed by atoms with Crippen LogP contribution in [0, 0.1) is 0 Å². The number of nitrogens with zero attached hydrogens (tertiary/aromatic N) is 4. The number of phosphoric ester groups is 1. The van der Waals surface area contributed by atoms with Gasteiger partial charge in [0.25, 0.3) is 5.65 Å². The second-order valence-electron chi connectivity index (χ2n) is 5.69. The summed E-state index contributed by atoms with van der Waals surface area (Å²) in [6.07, 6.45) is 0.780. The van der Waals surface area contributed by atoms with Gasteiger partial charge in [0.05, 0.1) is 26.8 Å². The highest BCUT2D eigenvalue weighted by Gasteiger charge is 2.40. The molecule has 0 amide bonds. The van der Waals surface area contributed by atoms with Crippen LogP contribution in [0.1, 0.15) is 12.6 Å². The van der Waals surface area contributed by atoms with Crippen LogP contribution < -0.4 is 10.1 Å². The number of hydrogen-bond acceptors (Lipinski definition) is 6. The summed E-state index contributed by atoms with van der Waals surface area (Å²) < 4.78 is 25.8. The van der Waals surface area contributed by atoms with E-state index >= 15 is 0 Å². The molecule has 12 heteroatoms. The third kappa shape index (κ3) is 3.14. The van der Waals surface area contributed by atoms with E-state index in [-0.39, 0.29) is 12.0 Å². The Morgan fingerprint density at radius 2 is 2.17 bits per heavy atom. The Kier molecular flexibility index (Phi) is 4.32. The molecule has 3 N–H and O–H groups in total. The topological polar surface area (TPSA) is 140 Å². The van der Waals surface area contributed by atoms with Crippen LogP contribution in [0.4, 0.5) is 0 Å². The van der Waals surface area contributed by atoms with Crippen molar-refractivity contribution in [3.05, 3.63) is 23.0 Å². The minimum absolute atomic E-state index is 0.190. The molecule has 1 aliphatic heterocycles. The van der Waals surface area contributed by atoms with Crippen LogP contribution in [0.5, 0.6) is 0 Å². The van der Waals surface area contributed by atoms with Gasteiger partial charge >= 0.3 is 13.4 Å². The quantitative estimate of drug-likeness (QED) is 0.433. The fourth-order valence-corrected chi connectivity index (χ4v) is 3.19. The van der Waals surface area contributed by atoms with Crippen LogP contribution >= 0.6 is 7.82 Å². The number of aliphatic hydroxyl groups excluding tert-OH is 1. The van der Waals surface area contributed by atoms with Crippen LogP contribution in [0.15, 0.2) is 17.4 Å². The molecule has 0 saturated carbocycles. The molecule has 132 valence electrons. The average molecular weight is 361 g/mol. The van der Waals surface area contributed by atoms with Gasteiger partial charge in [0, 0.05) is 6.42 Å². The van der Waals surface area contributed by atoms with Crippen molar-refractivity contribution >= 4 is 19.0 Å². The predicted octanol–water partition coefficient (Wildman–Crippen LogP) is -1.68. The molecule has 1 aliphatic rings. The first-order chi connectivity index (χ1) is 11.2. The van der Waals surface area contributed by atoms with Crippen molar-refractivity contribution in [2.24, 2.45) is 14.1 Å². The number of imidazole rings is 1. The molecule has 3 heterocycles. The number of aryl methyl sites for hydroxylation is 2. The average Bonchev–Trinajstić information content (AvgIpc) is 3.01. The van der Waals surface area contributed by atoms with Gasteiger partial charge in [0.1, 0.15) is 6.10 Å². The summed E-state index contributed by atoms with van der Waals surface area (Å²) in [6, 6.07) is 0. The van der Waals surface area contributed by atoms with Crippen molar-refractivity contribution < 1.29 is 33.3 Å². The van der Waals surface area contributed by atoms with Crippen molar-refractivity contribution in [3.63, 3.8) is 0 Å². The molecule has 0 aliphatic carbocycles. The number of rotatable bonds is 4. The summed E-state index contributed by atoms with van der Waals surface area (Å²) in [5.41, 5.74) is 0.559. The third-order valence-corrected chi connectivity index (χ3v) is 4.40. The smallest absolute Gasteiger partial charge is 0.390 e. The van der Waals surface area contributed by atoms with E-state index in [1.807, 2.05) is 0 Å². The van der Waals surface area contributed by atoms with Crippen LogP contribution in [0.3, 0.4) is 0 Å². The summed E-state index contributed by atoms with van der Waals surface area (Å²) in [5, 5.41) is 10.1. The Labute approximate surface area is 135 Å². The van der Waals surface area contributed by atoms with E-state index in [9.17, 15) is 14.5 Å². The maximum absolute atomic E-state index is 12.0. The maximum Gasteiger partial charge on any atom is 0.469 e. The highest BCUT2D eigenvalue weighted by molar-refractivity contribution is 7.46. The number of aromatic nitrogens is 4. The van der Waals surface area contributed by atoms with Gasteiger partial charge < -0.3 is 19.6 Å². The largest absolute Gasteiger partial charge is 0.469 e. The maximum atomic E-state index is 12.0. The van der Waals surface area contributed by atoms with Crippen LogP contribution in [-0.4, -0.2) is 47.8 Å². The zero-order valence-electron chi connectivity index (χ0n) is 13.0. The first-order valence-corrected chi connectivity index (χ1v) is 8.66. The number of hydrogen-bond donors (Lipinski definition) is 3. The molecule has 0 unspecified atom stereocenters. The highest BCUT2D eigenvalue weighted by atomic mass is 31.2. The van der Waals surface area contributed by atoms with E-state index in [2.05, 4.69) is 9.51 Å². The summed E-state index contributed by atoms with van der Waals surface area (Å²) in [4.78, 5) is 33.3. The molecular weight excluding hydrogens is 343 g/mol. The Bertz CT molecular complexity index is 872. The van der Waals surface area contributed by atoms with Crippen molar-refractivity contribution in [2.75, 3.05) is 6.61 Å². The molecule has 0 aromatic carbocycles. The summed E-state index contributed by atoms with van der Waals surface area (Å²) in [6.45, 7) is -0.437. The molecule has 2 aromatic heterocycles. The lowest BCUT2D eigenvalue weighted by atomic mass is 10.2. The van der Waals surface area contributed by atoms with Crippen molar-refractivity contribution in [1.29, 1.82) is 0 Å². The van der Waals surface area contributed by atoms with Gasteiger partial charge in [-0.3, -0.25) is 13.9 Å². The van der Waals surface area contributed by atoms with Crippen LogP contribution in [0.2, 0.25) is 0 Å². The van der Waals surface area contributed by atoms with Crippen molar-refractivity contribution in [1.82, 2.24) is 14.1 Å². The number of fused-ring (bicyclic) bond motifs is 1. The molecular formula is C12H18N4O7P+. The van der Waals surface area contributed by atoms with Crippen molar-refractivity contribution in [2.45, 2.75) is 24.9 Å². The van der Waals surface area contributed by atoms with Gasteiger partial charge in [-0.05, 0) is 0 Å². The highest BCUT2D eigenvalue weighted by Crippen LogP contribution is 2.37. The summed E-state index contributed by atoms with van der Waals surface area (Å²) in [5.74, 6) is 0. The molecule has 3 atom stereocenters. The summed E-state index contributed by atoms with van der Waals surface area (Å²) in [7, 11) is -1.22. The van der Waals surface area contributed by atoms with E-state index < -0.39 is 32.9 Å². The SMILES string of the molecule is Cn1c[n+]([C@H]2C[C@H](O)[C@@H](COP(=O)(O)O)O2)c2c1c(=O)ncn2C. The molecule has 3 rings (SSSR count). The van der Waals surface area contributed by atoms with E-state index in [1.54, 1.807) is 34.1 Å². The van der Waals surface area contributed by atoms with Gasteiger partial charge in [-0.1, -0.05) is 0 Å². The molecule has 0 spiro atoms. The zero-order chi connectivity index (χ0) is 17.6. The second-order valence-corrected chi connectivity index (χ2v) is 6.92. The van der Waals surface area contributed by atoms with E-state index in [0.717, 1.165) is 0 Å². The van der Waals surface area contributed by atoms with Gasteiger partial charge in [0.2, 0.25) is 5.52 Å². The van der Waals surface area contributed by atoms with E-state index in [1.165, 1.54) is 6.33 Å². The van der Waals surface area contributed by atoms with E-state index in [0.29, 0.717) is 11.2 Å². The molecule has 0 bridgehead atoms. The third-order valence-electron chi connectivity index (χ3n) is 3.91. The Morgan fingerprint density at radius 3 is 2.83 bits per heavy atom. The van der Waals surface area contributed by atoms with Gasteiger partial charge in [-0.15, -0.1) is 0 Å². The first-order valence-electron chi connectivity index (χ1n) is 7.13. The number of phosphoric acid groups is 1. The lowest BCUT2D eigenvalue weighted by molar-refractivity contribution is -0.739. The standard InChI is InChI=1S/C12H17N4O7P/c1-14-5-13-11(18)10-12(14)16(6-15(10)2)9-3-7(17)8(23-9)4-22-24(19,20)21/h5-9,17H,3-4H2,1-2H3,(H-,19,20,21)/p+1/t7-,8+,9+/m0/s1. The van der Waals surface area contributed by atoms with Crippen molar-refractivity contribution in [3.8, 4) is 0 Å². The van der Waals surface area contributed by atoms with Gasteiger partial charge in [0.15, 0.2) is 18.9 Å². The van der Waals surface area contributed by atoms with Crippen LogP contribution in [0.25, 0.3) is 11.2 Å². The lowest BCUT2D eigenvalue weighted by Crippen LogP contribution is -2.40. The monoisotopic (exact) mass is 361 g/mol. The fourth-order valence-electron chi connectivity index (χ4n) is 2.85. The molecule has 0 radical (unpaired) electrons. The van der Waals surface area contributed by atoms with Crippen LogP contribution in [-0.2, 0) is 27.9 Å². The lowest BCUT2D eigenvalue weighted by Gasteiger charge is -2.14. The first kappa shape index (κ1) is 17.2. The second kappa shape index (κ2) is 6.03. The van der Waals surface area contributed by atoms with Gasteiger partial charge in [-0.25, -0.2) is 13.7 Å². The summed E-state index contributed by atoms with van der Waals surface area (Å²) >= 11 is 0. The van der Waals surface area contributed by atoms with Gasteiger partial charge in [-0.2, -0.15) is 4.98 Å². The molecule has 1 saturated heterocycles. The zero-order valence-corrected chi connectivity index (χ0v) is 13.9. The number of ether oxygens (including phenoxy) is 1. The minimum atomic E-state index is -4.64. The molecule has 11 nitrogen and oxygen atoms in total. The Morgan fingerprint density at radius 1 is 1.46 bits per heavy atom. The Balaban J connectivity index is 1.91. The molecule has 1 fully saturated rings. The molecule has 24 heavy (non-hydrogen) atoms. The number of aliphatic hydroxyl groups is 1. The fraction of sp³-hybridized carbons (Fsp3) is 0.583.